The normalized spacial score (nSPS) is 11.0. The van der Waals surface area contributed by atoms with Crippen LogP contribution in [0.3, 0.4) is 0 Å². The summed E-state index contributed by atoms with van der Waals surface area (Å²) in [4.78, 5) is 0. The van der Waals surface area contributed by atoms with E-state index in [9.17, 15) is 5.26 Å². The molecule has 1 nitrogen and oxygen atoms in total. The first-order valence-electron chi connectivity index (χ1n) is 5.99. The number of allylic oxidation sites excluding steroid dienone is 1. The molecule has 0 amide bonds. The van der Waals surface area contributed by atoms with Crippen LogP contribution >= 0.6 is 0 Å². The van der Waals surface area contributed by atoms with Crippen molar-refractivity contribution in [2.75, 3.05) is 0 Å². The molecule has 0 unspecified atom stereocenters. The molecule has 0 heterocycles. The van der Waals surface area contributed by atoms with E-state index in [4.69, 9.17) is 0 Å². The van der Waals surface area contributed by atoms with Crippen molar-refractivity contribution >= 4 is 6.08 Å². The van der Waals surface area contributed by atoms with Gasteiger partial charge in [-0.15, -0.1) is 0 Å². The molecule has 2 aromatic carbocycles. The molecule has 0 N–H and O–H groups in total. The summed E-state index contributed by atoms with van der Waals surface area (Å²) in [6, 6.07) is 20.5. The molecule has 0 saturated heterocycles. The molecule has 0 aliphatic heterocycles. The van der Waals surface area contributed by atoms with Crippen LogP contribution in [0.2, 0.25) is 0 Å². The van der Waals surface area contributed by atoms with Crippen molar-refractivity contribution in [1.29, 1.82) is 5.26 Å². The Morgan fingerprint density at radius 2 is 1.72 bits per heavy atom. The topological polar surface area (TPSA) is 23.8 Å². The lowest BCUT2D eigenvalue weighted by atomic mass is 10.0. The zero-order valence-electron chi connectivity index (χ0n) is 10.4. The maximum absolute atomic E-state index is 9.18. The van der Waals surface area contributed by atoms with E-state index < -0.39 is 0 Å². The summed E-state index contributed by atoms with van der Waals surface area (Å²) < 4.78 is 0. The standard InChI is InChI=1S/C17H15N/c1-14-7-9-16(10-8-14)12-17(13-18)11-15-5-3-2-4-6-15/h2-11H,12H2,1H3/b17-11+. The summed E-state index contributed by atoms with van der Waals surface area (Å²) in [6.07, 6.45) is 2.63. The van der Waals surface area contributed by atoms with E-state index in [-0.39, 0.29) is 0 Å². The summed E-state index contributed by atoms with van der Waals surface area (Å²) in [6.45, 7) is 2.06. The van der Waals surface area contributed by atoms with E-state index in [0.29, 0.717) is 6.42 Å². The second-order valence-corrected chi connectivity index (χ2v) is 4.35. The van der Waals surface area contributed by atoms with Crippen LogP contribution in [0.5, 0.6) is 0 Å². The van der Waals surface area contributed by atoms with Gasteiger partial charge in [-0.2, -0.15) is 5.26 Å². The van der Waals surface area contributed by atoms with E-state index in [2.05, 4.69) is 37.3 Å². The van der Waals surface area contributed by atoms with Gasteiger partial charge in [0.25, 0.3) is 0 Å². The van der Waals surface area contributed by atoms with E-state index in [1.54, 1.807) is 0 Å². The molecule has 18 heavy (non-hydrogen) atoms. The largest absolute Gasteiger partial charge is 0.193 e. The van der Waals surface area contributed by atoms with E-state index in [1.807, 2.05) is 36.4 Å². The van der Waals surface area contributed by atoms with Gasteiger partial charge in [0.1, 0.15) is 0 Å². The van der Waals surface area contributed by atoms with Crippen LogP contribution in [0.25, 0.3) is 6.08 Å². The molecule has 0 radical (unpaired) electrons. The first-order valence-corrected chi connectivity index (χ1v) is 5.99. The zero-order valence-corrected chi connectivity index (χ0v) is 10.4. The van der Waals surface area contributed by atoms with Crippen molar-refractivity contribution in [2.45, 2.75) is 13.3 Å². The molecule has 2 rings (SSSR count). The molecule has 0 aliphatic rings. The second-order valence-electron chi connectivity index (χ2n) is 4.35. The van der Waals surface area contributed by atoms with Crippen LogP contribution in [0.1, 0.15) is 16.7 Å². The molecule has 0 aliphatic carbocycles. The van der Waals surface area contributed by atoms with Crippen LogP contribution in [-0.2, 0) is 6.42 Å². The fourth-order valence-electron chi connectivity index (χ4n) is 1.80. The summed E-state index contributed by atoms with van der Waals surface area (Å²) >= 11 is 0. The van der Waals surface area contributed by atoms with Gasteiger partial charge in [0.2, 0.25) is 0 Å². The maximum atomic E-state index is 9.18. The molecule has 0 atom stereocenters. The minimum Gasteiger partial charge on any atom is -0.193 e. The molecule has 0 saturated carbocycles. The van der Waals surface area contributed by atoms with E-state index in [0.717, 1.165) is 11.1 Å². The molecule has 0 fully saturated rings. The van der Waals surface area contributed by atoms with Crippen molar-refractivity contribution < 1.29 is 0 Å². The molecule has 0 spiro atoms. The summed E-state index contributed by atoms with van der Waals surface area (Å²) in [5.41, 5.74) is 4.26. The second kappa shape index (κ2) is 5.84. The number of nitriles is 1. The summed E-state index contributed by atoms with van der Waals surface area (Å²) in [5.74, 6) is 0. The van der Waals surface area contributed by atoms with Crippen molar-refractivity contribution in [2.24, 2.45) is 0 Å². The number of rotatable bonds is 3. The molecule has 1 heteroatoms. The predicted molar refractivity (Wildman–Crippen MR) is 74.9 cm³/mol. The average Bonchev–Trinajstić information content (AvgIpc) is 2.41. The number of benzene rings is 2. The van der Waals surface area contributed by atoms with Crippen LogP contribution in [0, 0.1) is 18.3 Å². The first kappa shape index (κ1) is 12.1. The molecule has 0 aromatic heterocycles. The lowest BCUT2D eigenvalue weighted by Gasteiger charge is -2.01. The van der Waals surface area contributed by atoms with Crippen molar-refractivity contribution in [1.82, 2.24) is 0 Å². The highest BCUT2D eigenvalue weighted by Gasteiger charge is 1.99. The van der Waals surface area contributed by atoms with Crippen molar-refractivity contribution in [3.05, 3.63) is 76.9 Å². The zero-order chi connectivity index (χ0) is 12.8. The van der Waals surface area contributed by atoms with Gasteiger partial charge in [0.15, 0.2) is 0 Å². The van der Waals surface area contributed by atoms with Gasteiger partial charge < -0.3 is 0 Å². The van der Waals surface area contributed by atoms with Crippen molar-refractivity contribution in [3.8, 4) is 6.07 Å². The Hall–Kier alpha value is -2.33. The lowest BCUT2D eigenvalue weighted by Crippen LogP contribution is -1.88. The van der Waals surface area contributed by atoms with Gasteiger partial charge >= 0.3 is 0 Å². The lowest BCUT2D eigenvalue weighted by molar-refractivity contribution is 1.20. The minimum atomic E-state index is 0.686. The number of nitrogens with zero attached hydrogens (tertiary/aromatic N) is 1. The van der Waals surface area contributed by atoms with Gasteiger partial charge in [-0.25, -0.2) is 0 Å². The van der Waals surface area contributed by atoms with Crippen LogP contribution in [0.15, 0.2) is 60.2 Å². The van der Waals surface area contributed by atoms with Gasteiger partial charge in [0.05, 0.1) is 6.07 Å². The van der Waals surface area contributed by atoms with Gasteiger partial charge in [-0.3, -0.25) is 0 Å². The Kier molecular flexibility index (Phi) is 3.94. The highest BCUT2D eigenvalue weighted by molar-refractivity contribution is 5.57. The minimum absolute atomic E-state index is 0.686. The number of hydrogen-bond acceptors (Lipinski definition) is 1. The third-order valence-electron chi connectivity index (χ3n) is 2.80. The fourth-order valence-corrected chi connectivity index (χ4v) is 1.80. The highest BCUT2D eigenvalue weighted by Crippen LogP contribution is 2.12. The Balaban J connectivity index is 2.18. The van der Waals surface area contributed by atoms with Crippen molar-refractivity contribution in [3.63, 3.8) is 0 Å². The smallest absolute Gasteiger partial charge is 0.0950 e. The highest BCUT2D eigenvalue weighted by atomic mass is 14.2. The van der Waals surface area contributed by atoms with Crippen LogP contribution in [-0.4, -0.2) is 0 Å². The average molecular weight is 233 g/mol. The van der Waals surface area contributed by atoms with E-state index in [1.165, 1.54) is 11.1 Å². The summed E-state index contributed by atoms with van der Waals surface area (Å²) in [7, 11) is 0. The summed E-state index contributed by atoms with van der Waals surface area (Å²) in [5, 5.41) is 9.18. The Morgan fingerprint density at radius 3 is 2.33 bits per heavy atom. The molecule has 0 bridgehead atoms. The Morgan fingerprint density at radius 1 is 1.06 bits per heavy atom. The van der Waals surface area contributed by atoms with Gasteiger partial charge in [-0.1, -0.05) is 60.2 Å². The third kappa shape index (κ3) is 3.33. The van der Waals surface area contributed by atoms with Crippen LogP contribution in [0.4, 0.5) is 0 Å². The van der Waals surface area contributed by atoms with E-state index >= 15 is 0 Å². The fraction of sp³-hybridized carbons (Fsp3) is 0.118. The SMILES string of the molecule is Cc1ccc(C/C(C#N)=C\c2ccccc2)cc1. The monoisotopic (exact) mass is 233 g/mol. The molecular formula is C17H15N. The Bertz CT molecular complexity index is 571. The number of aryl methyl sites for hydroxylation is 1. The molecular weight excluding hydrogens is 218 g/mol. The van der Waals surface area contributed by atoms with Crippen LogP contribution < -0.4 is 0 Å². The third-order valence-corrected chi connectivity index (χ3v) is 2.80. The molecule has 2 aromatic rings. The van der Waals surface area contributed by atoms with Gasteiger partial charge in [-0.05, 0) is 24.1 Å². The maximum Gasteiger partial charge on any atom is 0.0950 e. The quantitative estimate of drug-likeness (QED) is 0.731. The Labute approximate surface area is 108 Å². The van der Waals surface area contributed by atoms with Gasteiger partial charge in [0, 0.05) is 12.0 Å². The number of hydrogen-bond donors (Lipinski definition) is 0. The molecule has 88 valence electrons. The predicted octanol–water partition coefficient (Wildman–Crippen LogP) is 4.14. The first-order chi connectivity index (χ1) is 8.78.